The maximum absolute atomic E-state index is 13.5. The molecule has 39 heavy (non-hydrogen) atoms. The topological polar surface area (TPSA) is 122 Å². The van der Waals surface area contributed by atoms with Gasteiger partial charge < -0.3 is 19.5 Å². The zero-order valence-corrected chi connectivity index (χ0v) is 21.5. The molecular formula is C28H26N8O3. The molecule has 1 aliphatic rings. The van der Waals surface area contributed by atoms with Gasteiger partial charge in [0.1, 0.15) is 23.7 Å². The Balaban J connectivity index is 1.23. The number of ether oxygens (including phenoxy) is 1. The highest BCUT2D eigenvalue weighted by Crippen LogP contribution is 2.32. The van der Waals surface area contributed by atoms with Crippen LogP contribution in [0.25, 0.3) is 27.8 Å². The van der Waals surface area contributed by atoms with E-state index in [4.69, 9.17) is 4.74 Å². The Labute approximate surface area is 224 Å². The molecule has 0 radical (unpaired) electrons. The molecule has 6 rings (SSSR count). The van der Waals surface area contributed by atoms with Gasteiger partial charge in [0.2, 0.25) is 0 Å². The fourth-order valence-corrected chi connectivity index (χ4v) is 4.93. The molecule has 1 N–H and O–H groups in total. The number of nitrogens with one attached hydrogen (secondary N) is 1. The molecule has 11 heteroatoms. The van der Waals surface area contributed by atoms with Gasteiger partial charge in [0.05, 0.1) is 29.8 Å². The molecule has 1 aromatic carbocycles. The molecule has 196 valence electrons. The van der Waals surface area contributed by atoms with Gasteiger partial charge in [-0.05, 0) is 24.6 Å². The van der Waals surface area contributed by atoms with E-state index < -0.39 is 11.7 Å². The minimum Gasteiger partial charge on any atom is -0.494 e. The van der Waals surface area contributed by atoms with E-state index in [9.17, 15) is 9.59 Å². The van der Waals surface area contributed by atoms with Crippen LogP contribution in [0.15, 0.2) is 67.4 Å². The first kappa shape index (κ1) is 24.3. The third-order valence-corrected chi connectivity index (χ3v) is 6.87. The number of nitrogens with zero attached hydrogens (tertiary/aromatic N) is 7. The fraction of sp³-hybridized carbons (Fsp3) is 0.214. The lowest BCUT2D eigenvalue weighted by molar-refractivity contribution is -0.126. The number of methoxy groups -OCH3 is 1. The zero-order chi connectivity index (χ0) is 26.9. The van der Waals surface area contributed by atoms with Crippen molar-refractivity contribution in [2.45, 2.75) is 6.92 Å². The first-order chi connectivity index (χ1) is 19.0. The van der Waals surface area contributed by atoms with Crippen LogP contribution in [0.1, 0.15) is 16.2 Å². The second-order valence-electron chi connectivity index (χ2n) is 9.19. The summed E-state index contributed by atoms with van der Waals surface area (Å²) < 4.78 is 7.01. The van der Waals surface area contributed by atoms with Gasteiger partial charge in [0, 0.05) is 44.1 Å². The second kappa shape index (κ2) is 10.0. The van der Waals surface area contributed by atoms with Gasteiger partial charge >= 0.3 is 0 Å². The van der Waals surface area contributed by atoms with E-state index >= 15 is 0 Å². The van der Waals surface area contributed by atoms with Gasteiger partial charge in [-0.25, -0.2) is 19.6 Å². The number of amides is 1. The summed E-state index contributed by atoms with van der Waals surface area (Å²) in [6.45, 7) is 3.70. The number of ketones is 1. The maximum Gasteiger partial charge on any atom is 0.295 e. The van der Waals surface area contributed by atoms with E-state index in [1.807, 2.05) is 30.3 Å². The van der Waals surface area contributed by atoms with Gasteiger partial charge in [0.25, 0.3) is 11.7 Å². The molecule has 0 atom stereocenters. The second-order valence-corrected chi connectivity index (χ2v) is 9.19. The largest absolute Gasteiger partial charge is 0.494 e. The van der Waals surface area contributed by atoms with Crippen molar-refractivity contribution >= 4 is 28.4 Å². The molecule has 0 aliphatic carbocycles. The zero-order valence-electron chi connectivity index (χ0n) is 21.5. The van der Waals surface area contributed by atoms with Gasteiger partial charge in [-0.2, -0.15) is 5.10 Å². The van der Waals surface area contributed by atoms with Crippen LogP contribution in [0.4, 0.5) is 5.82 Å². The van der Waals surface area contributed by atoms with Crippen LogP contribution in [-0.2, 0) is 4.79 Å². The number of carbonyl (C=O) groups is 2. The highest BCUT2D eigenvalue weighted by atomic mass is 16.5. The Morgan fingerprint density at radius 2 is 1.74 bits per heavy atom. The number of pyridine rings is 2. The highest BCUT2D eigenvalue weighted by Gasteiger charge is 2.31. The SMILES string of the molecule is COc1cnc(-n2cnc(C)n2)c2[nH]cc(C(=O)C(=O)N3CCN(c4ncccc4-c4ccccc4)CC3)c12. The van der Waals surface area contributed by atoms with Crippen molar-refractivity contribution in [2.75, 3.05) is 38.2 Å². The van der Waals surface area contributed by atoms with Crippen molar-refractivity contribution in [3.8, 4) is 22.7 Å². The lowest BCUT2D eigenvalue weighted by Crippen LogP contribution is -2.51. The van der Waals surface area contributed by atoms with Crippen molar-refractivity contribution in [1.29, 1.82) is 0 Å². The number of aromatic nitrogens is 6. The molecular weight excluding hydrogens is 496 g/mol. The predicted molar refractivity (Wildman–Crippen MR) is 145 cm³/mol. The van der Waals surface area contributed by atoms with E-state index in [0.29, 0.717) is 54.5 Å². The Morgan fingerprint density at radius 1 is 0.949 bits per heavy atom. The molecule has 11 nitrogen and oxygen atoms in total. The molecule has 1 aliphatic heterocycles. The fourth-order valence-electron chi connectivity index (χ4n) is 4.93. The van der Waals surface area contributed by atoms with Gasteiger partial charge in [0.15, 0.2) is 5.82 Å². The van der Waals surface area contributed by atoms with Gasteiger partial charge in [-0.1, -0.05) is 30.3 Å². The molecule has 5 aromatic rings. The average Bonchev–Trinajstić information content (AvgIpc) is 3.63. The summed E-state index contributed by atoms with van der Waals surface area (Å²) in [6.07, 6.45) is 6.36. The molecule has 1 amide bonds. The molecule has 0 unspecified atom stereocenters. The van der Waals surface area contributed by atoms with E-state index in [1.165, 1.54) is 24.2 Å². The number of piperazine rings is 1. The Hall–Kier alpha value is -5.06. The summed E-state index contributed by atoms with van der Waals surface area (Å²) in [5.41, 5.74) is 2.87. The van der Waals surface area contributed by atoms with Gasteiger partial charge in [-0.15, -0.1) is 0 Å². The van der Waals surface area contributed by atoms with Crippen molar-refractivity contribution < 1.29 is 14.3 Å². The minimum atomic E-state index is -0.609. The number of rotatable bonds is 6. The lowest BCUT2D eigenvalue weighted by Gasteiger charge is -2.35. The highest BCUT2D eigenvalue weighted by molar-refractivity contribution is 6.45. The van der Waals surface area contributed by atoms with Crippen LogP contribution in [0.3, 0.4) is 0 Å². The van der Waals surface area contributed by atoms with Crippen molar-refractivity contribution in [2.24, 2.45) is 0 Å². The smallest absolute Gasteiger partial charge is 0.295 e. The number of aryl methyl sites for hydroxylation is 1. The average molecular weight is 523 g/mol. The monoisotopic (exact) mass is 522 g/mol. The summed E-state index contributed by atoms with van der Waals surface area (Å²) in [4.78, 5) is 46.9. The third-order valence-electron chi connectivity index (χ3n) is 6.87. The van der Waals surface area contributed by atoms with Crippen molar-refractivity contribution in [3.63, 3.8) is 0 Å². The Bertz CT molecular complexity index is 1670. The molecule has 4 aromatic heterocycles. The molecule has 0 bridgehead atoms. The van der Waals surface area contributed by atoms with E-state index in [2.05, 4.69) is 42.1 Å². The number of hydrogen-bond acceptors (Lipinski definition) is 8. The molecule has 1 saturated heterocycles. The Morgan fingerprint density at radius 3 is 2.46 bits per heavy atom. The number of benzene rings is 1. The van der Waals surface area contributed by atoms with Crippen LogP contribution in [0.2, 0.25) is 0 Å². The molecule has 0 spiro atoms. The van der Waals surface area contributed by atoms with Crippen LogP contribution >= 0.6 is 0 Å². The van der Waals surface area contributed by atoms with Crippen LogP contribution in [-0.4, -0.2) is 79.6 Å². The quantitative estimate of drug-likeness (QED) is 0.267. The minimum absolute atomic E-state index is 0.228. The number of aromatic amines is 1. The summed E-state index contributed by atoms with van der Waals surface area (Å²) in [7, 11) is 1.50. The summed E-state index contributed by atoms with van der Waals surface area (Å²) in [6, 6.07) is 14.1. The van der Waals surface area contributed by atoms with E-state index in [-0.39, 0.29) is 5.56 Å². The lowest BCUT2D eigenvalue weighted by atomic mass is 10.1. The number of carbonyl (C=O) groups excluding carboxylic acids is 2. The molecule has 0 saturated carbocycles. The summed E-state index contributed by atoms with van der Waals surface area (Å²) in [5.74, 6) is 1.12. The maximum atomic E-state index is 13.5. The first-order valence-corrected chi connectivity index (χ1v) is 12.6. The normalized spacial score (nSPS) is 13.6. The van der Waals surface area contributed by atoms with Crippen molar-refractivity contribution in [1.82, 2.24) is 34.6 Å². The van der Waals surface area contributed by atoms with Crippen LogP contribution < -0.4 is 9.64 Å². The number of fused-ring (bicyclic) bond motifs is 1. The van der Waals surface area contributed by atoms with Crippen molar-refractivity contribution in [3.05, 3.63) is 78.8 Å². The summed E-state index contributed by atoms with van der Waals surface area (Å²) >= 11 is 0. The number of anilines is 1. The predicted octanol–water partition coefficient (Wildman–Crippen LogP) is 3.05. The third kappa shape index (κ3) is 4.37. The Kier molecular flexibility index (Phi) is 6.23. The molecule has 5 heterocycles. The molecule has 1 fully saturated rings. The van der Waals surface area contributed by atoms with Crippen LogP contribution in [0, 0.1) is 6.92 Å². The van der Waals surface area contributed by atoms with E-state index in [1.54, 1.807) is 24.3 Å². The first-order valence-electron chi connectivity index (χ1n) is 12.6. The number of hydrogen-bond donors (Lipinski definition) is 1. The van der Waals surface area contributed by atoms with Gasteiger partial charge in [-0.3, -0.25) is 9.59 Å². The number of Topliss-reactive ketones (excluding diaryl/α,β-unsaturated/α-hetero) is 1. The number of H-pyrrole nitrogens is 1. The van der Waals surface area contributed by atoms with E-state index in [0.717, 1.165) is 16.9 Å². The summed E-state index contributed by atoms with van der Waals surface area (Å²) in [5, 5.41) is 4.80. The standard InChI is InChI=1S/C28H26N8O3/c1-18-32-17-36(33-18)27-24-23(22(39-2)16-31-27)21(15-30-24)25(37)28(38)35-13-11-34(12-14-35)26-20(9-6-10-29-26)19-7-4-3-5-8-19/h3-10,15-17,30H,11-14H2,1-2H3. The van der Waals surface area contributed by atoms with Crippen LogP contribution in [0.5, 0.6) is 5.75 Å².